The number of H-pyrrole nitrogens is 1. The molecule has 0 aliphatic rings. The SMILES string of the molecule is Cc1c(N)nc(C(C)S(C)(=O)=O)[nH]c1=O. The van der Waals surface area contributed by atoms with Crippen molar-refractivity contribution in [3.63, 3.8) is 0 Å². The van der Waals surface area contributed by atoms with E-state index in [0.29, 0.717) is 5.56 Å². The standard InChI is InChI=1S/C8H13N3O3S/c1-4-6(9)10-7(11-8(4)12)5(2)15(3,13)14/h5H,1-3H3,(H3,9,10,11,12). The molecular formula is C8H13N3O3S. The molecule has 3 N–H and O–H groups in total. The third kappa shape index (κ3) is 2.35. The molecule has 0 aromatic carbocycles. The third-order valence-electron chi connectivity index (χ3n) is 2.23. The lowest BCUT2D eigenvalue weighted by Crippen LogP contribution is -2.21. The highest BCUT2D eigenvalue weighted by Gasteiger charge is 2.20. The van der Waals surface area contributed by atoms with Crippen LogP contribution in [-0.2, 0) is 9.84 Å². The number of rotatable bonds is 2. The van der Waals surface area contributed by atoms with Crippen molar-refractivity contribution in [2.24, 2.45) is 0 Å². The van der Waals surface area contributed by atoms with E-state index in [1.807, 2.05) is 0 Å². The molecule has 1 aromatic heterocycles. The molecule has 6 nitrogen and oxygen atoms in total. The fourth-order valence-corrected chi connectivity index (χ4v) is 1.48. The lowest BCUT2D eigenvalue weighted by molar-refractivity contribution is 0.589. The second-order valence-corrected chi connectivity index (χ2v) is 5.80. The molecule has 0 saturated carbocycles. The monoisotopic (exact) mass is 231 g/mol. The molecule has 1 rings (SSSR count). The van der Waals surface area contributed by atoms with Crippen LogP contribution in [0, 0.1) is 6.92 Å². The number of sulfone groups is 1. The first kappa shape index (κ1) is 11.7. The molecule has 15 heavy (non-hydrogen) atoms. The van der Waals surface area contributed by atoms with E-state index in [0.717, 1.165) is 6.26 Å². The summed E-state index contributed by atoms with van der Waals surface area (Å²) in [5, 5.41) is -0.868. The lowest BCUT2D eigenvalue weighted by atomic mass is 10.3. The van der Waals surface area contributed by atoms with Crippen molar-refractivity contribution >= 4 is 15.7 Å². The van der Waals surface area contributed by atoms with Crippen LogP contribution >= 0.6 is 0 Å². The van der Waals surface area contributed by atoms with Gasteiger partial charge in [-0.05, 0) is 13.8 Å². The summed E-state index contributed by atoms with van der Waals surface area (Å²) in [5.74, 6) is 0.134. The first-order chi connectivity index (χ1) is 6.73. The molecule has 0 bridgehead atoms. The molecule has 0 radical (unpaired) electrons. The van der Waals surface area contributed by atoms with E-state index in [1.54, 1.807) is 0 Å². The Bertz CT molecular complexity index is 533. The zero-order valence-corrected chi connectivity index (χ0v) is 9.55. The third-order valence-corrected chi connectivity index (χ3v) is 3.74. The van der Waals surface area contributed by atoms with Gasteiger partial charge in [0.1, 0.15) is 16.9 Å². The van der Waals surface area contributed by atoms with Crippen molar-refractivity contribution in [1.82, 2.24) is 9.97 Å². The Morgan fingerprint density at radius 2 is 2.00 bits per heavy atom. The molecule has 1 heterocycles. The van der Waals surface area contributed by atoms with Gasteiger partial charge in [0.2, 0.25) is 0 Å². The van der Waals surface area contributed by atoms with Gasteiger partial charge in [0, 0.05) is 6.26 Å². The van der Waals surface area contributed by atoms with Crippen LogP contribution < -0.4 is 11.3 Å². The van der Waals surface area contributed by atoms with Gasteiger partial charge in [-0.1, -0.05) is 0 Å². The highest BCUT2D eigenvalue weighted by Crippen LogP contribution is 2.16. The van der Waals surface area contributed by atoms with Crippen LogP contribution in [0.15, 0.2) is 4.79 Å². The van der Waals surface area contributed by atoms with Gasteiger partial charge in [-0.3, -0.25) is 4.79 Å². The minimum Gasteiger partial charge on any atom is -0.383 e. The van der Waals surface area contributed by atoms with E-state index in [4.69, 9.17) is 5.73 Å². The zero-order chi connectivity index (χ0) is 11.8. The Labute approximate surface area is 87.5 Å². The summed E-state index contributed by atoms with van der Waals surface area (Å²) in [5.41, 5.74) is 5.36. The second-order valence-electron chi connectivity index (χ2n) is 3.43. The van der Waals surface area contributed by atoms with E-state index in [1.165, 1.54) is 13.8 Å². The maximum absolute atomic E-state index is 11.3. The number of aromatic amines is 1. The Morgan fingerprint density at radius 3 is 2.40 bits per heavy atom. The Hall–Kier alpha value is -1.37. The molecule has 7 heteroatoms. The first-order valence-electron chi connectivity index (χ1n) is 4.28. The fraction of sp³-hybridized carbons (Fsp3) is 0.500. The lowest BCUT2D eigenvalue weighted by Gasteiger charge is -2.09. The van der Waals surface area contributed by atoms with E-state index < -0.39 is 20.6 Å². The minimum absolute atomic E-state index is 0.0595. The molecular weight excluding hydrogens is 218 g/mol. The van der Waals surface area contributed by atoms with E-state index in [-0.39, 0.29) is 11.6 Å². The molecule has 0 aliphatic heterocycles. The average molecular weight is 231 g/mol. The summed E-state index contributed by atoms with van der Waals surface area (Å²) in [6, 6.07) is 0. The van der Waals surface area contributed by atoms with Crippen LogP contribution in [0.25, 0.3) is 0 Å². The van der Waals surface area contributed by atoms with E-state index in [2.05, 4.69) is 9.97 Å². The maximum Gasteiger partial charge on any atom is 0.255 e. The Kier molecular flexibility index (Phi) is 2.85. The van der Waals surface area contributed by atoms with Crippen molar-refractivity contribution in [2.45, 2.75) is 19.1 Å². The largest absolute Gasteiger partial charge is 0.383 e. The summed E-state index contributed by atoms with van der Waals surface area (Å²) in [6.07, 6.45) is 1.08. The van der Waals surface area contributed by atoms with Crippen molar-refractivity contribution in [2.75, 3.05) is 12.0 Å². The predicted molar refractivity (Wildman–Crippen MR) is 57.3 cm³/mol. The summed E-state index contributed by atoms with van der Waals surface area (Å²) in [4.78, 5) is 17.6. The number of hydrogen-bond donors (Lipinski definition) is 2. The average Bonchev–Trinajstić information content (AvgIpc) is 2.10. The number of aromatic nitrogens is 2. The molecule has 1 aromatic rings. The molecule has 0 spiro atoms. The first-order valence-corrected chi connectivity index (χ1v) is 6.24. The van der Waals surface area contributed by atoms with Gasteiger partial charge in [-0.2, -0.15) is 0 Å². The summed E-state index contributed by atoms with van der Waals surface area (Å²) < 4.78 is 22.5. The van der Waals surface area contributed by atoms with Crippen LogP contribution in [-0.4, -0.2) is 24.6 Å². The van der Waals surface area contributed by atoms with Crippen LogP contribution in [0.2, 0.25) is 0 Å². The normalized spacial score (nSPS) is 13.8. The van der Waals surface area contributed by atoms with Gasteiger partial charge in [0.05, 0.1) is 5.56 Å². The molecule has 0 saturated heterocycles. The fourth-order valence-electron chi connectivity index (χ4n) is 0.963. The Morgan fingerprint density at radius 1 is 1.47 bits per heavy atom. The quantitative estimate of drug-likeness (QED) is 0.731. The van der Waals surface area contributed by atoms with Gasteiger partial charge >= 0.3 is 0 Å². The molecule has 1 atom stereocenters. The highest BCUT2D eigenvalue weighted by molar-refractivity contribution is 7.90. The van der Waals surface area contributed by atoms with Crippen molar-refractivity contribution in [3.05, 3.63) is 21.7 Å². The topological polar surface area (TPSA) is 106 Å². The highest BCUT2D eigenvalue weighted by atomic mass is 32.2. The molecule has 1 unspecified atom stereocenters. The van der Waals surface area contributed by atoms with E-state index >= 15 is 0 Å². The van der Waals surface area contributed by atoms with Gasteiger partial charge in [-0.15, -0.1) is 0 Å². The number of nitrogens with zero attached hydrogens (tertiary/aromatic N) is 1. The van der Waals surface area contributed by atoms with Crippen LogP contribution in [0.4, 0.5) is 5.82 Å². The van der Waals surface area contributed by atoms with Crippen molar-refractivity contribution in [3.8, 4) is 0 Å². The minimum atomic E-state index is -3.29. The molecule has 0 amide bonds. The van der Waals surface area contributed by atoms with Gasteiger partial charge in [-0.25, -0.2) is 13.4 Å². The van der Waals surface area contributed by atoms with Crippen molar-refractivity contribution in [1.29, 1.82) is 0 Å². The van der Waals surface area contributed by atoms with Gasteiger partial charge in [0.25, 0.3) is 5.56 Å². The summed E-state index contributed by atoms with van der Waals surface area (Å²) in [6.45, 7) is 2.97. The summed E-state index contributed by atoms with van der Waals surface area (Å²) in [7, 11) is -3.29. The number of anilines is 1. The predicted octanol–water partition coefficient (Wildman–Crippen LogP) is -0.234. The smallest absolute Gasteiger partial charge is 0.255 e. The maximum atomic E-state index is 11.3. The summed E-state index contributed by atoms with van der Waals surface area (Å²) >= 11 is 0. The van der Waals surface area contributed by atoms with Crippen LogP contribution in [0.1, 0.15) is 23.6 Å². The zero-order valence-electron chi connectivity index (χ0n) is 8.73. The van der Waals surface area contributed by atoms with Crippen LogP contribution in [0.5, 0.6) is 0 Å². The molecule has 84 valence electrons. The van der Waals surface area contributed by atoms with Gasteiger partial charge in [0.15, 0.2) is 9.84 Å². The number of hydrogen-bond acceptors (Lipinski definition) is 5. The van der Waals surface area contributed by atoms with E-state index in [9.17, 15) is 13.2 Å². The van der Waals surface area contributed by atoms with Gasteiger partial charge < -0.3 is 10.7 Å². The number of nitrogens with two attached hydrogens (primary N) is 1. The molecule has 0 aliphatic carbocycles. The molecule has 0 fully saturated rings. The van der Waals surface area contributed by atoms with Crippen molar-refractivity contribution < 1.29 is 8.42 Å². The second kappa shape index (κ2) is 3.65. The van der Waals surface area contributed by atoms with Crippen LogP contribution in [0.3, 0.4) is 0 Å². The number of nitrogen functional groups attached to an aromatic ring is 1. The Balaban J connectivity index is 3.36. The number of nitrogens with one attached hydrogen (secondary N) is 1.